The van der Waals surface area contributed by atoms with Gasteiger partial charge in [-0.05, 0) is 48.2 Å². The number of carbonyl (C=O) groups is 1. The standard InChI is InChI=1S/C17H18N2O2S2.BrH/c1-21-14-7-5-13(6-8-14)15(20)12-19(16-4-2-10-22-16)17-18-9-3-11-23-17;/h2,4-8,10H,3,9,11-12H2,1H3;1H. The number of halogens is 1. The normalized spacial score (nSPS) is 13.6. The summed E-state index contributed by atoms with van der Waals surface area (Å²) in [6, 6.07) is 11.3. The number of nitrogens with zero attached hydrogens (tertiary/aromatic N) is 2. The molecule has 1 aliphatic rings. The molecule has 1 aromatic carbocycles. The van der Waals surface area contributed by atoms with Crippen LogP contribution in [0.5, 0.6) is 5.75 Å². The molecular weight excluding hydrogens is 408 g/mol. The number of hydrogen-bond acceptors (Lipinski definition) is 6. The highest BCUT2D eigenvalue weighted by Gasteiger charge is 2.21. The summed E-state index contributed by atoms with van der Waals surface area (Å²) < 4.78 is 5.14. The van der Waals surface area contributed by atoms with Gasteiger partial charge in [-0.15, -0.1) is 28.3 Å². The maximum Gasteiger partial charge on any atom is 0.182 e. The monoisotopic (exact) mass is 426 g/mol. The van der Waals surface area contributed by atoms with E-state index in [0.29, 0.717) is 12.1 Å². The molecule has 24 heavy (non-hydrogen) atoms. The summed E-state index contributed by atoms with van der Waals surface area (Å²) in [6.07, 6.45) is 1.10. The Balaban J connectivity index is 0.00000208. The SMILES string of the molecule is Br.COc1ccc(C(=O)CN(C2=NCCCS2)c2cccs2)cc1. The van der Waals surface area contributed by atoms with Crippen molar-refractivity contribution >= 4 is 56.0 Å². The summed E-state index contributed by atoms with van der Waals surface area (Å²) in [4.78, 5) is 19.3. The number of ether oxygens (including phenoxy) is 1. The summed E-state index contributed by atoms with van der Waals surface area (Å²) in [5.74, 6) is 1.89. The fourth-order valence-electron chi connectivity index (χ4n) is 2.29. The van der Waals surface area contributed by atoms with Crippen LogP contribution in [-0.4, -0.2) is 36.9 Å². The van der Waals surface area contributed by atoms with E-state index in [2.05, 4.69) is 4.99 Å². The molecule has 0 saturated heterocycles. The number of aliphatic imine (C=N–C) groups is 1. The lowest BCUT2D eigenvalue weighted by Gasteiger charge is -2.25. The third kappa shape index (κ3) is 4.62. The number of anilines is 1. The molecule has 0 spiro atoms. The van der Waals surface area contributed by atoms with E-state index in [1.807, 2.05) is 46.7 Å². The fourth-order valence-corrected chi connectivity index (χ4v) is 4.03. The van der Waals surface area contributed by atoms with E-state index in [1.165, 1.54) is 0 Å². The summed E-state index contributed by atoms with van der Waals surface area (Å²) in [5.41, 5.74) is 0.689. The highest BCUT2D eigenvalue weighted by atomic mass is 79.9. The van der Waals surface area contributed by atoms with Gasteiger partial charge in [-0.25, -0.2) is 0 Å². The minimum Gasteiger partial charge on any atom is -0.497 e. The van der Waals surface area contributed by atoms with Crippen LogP contribution >= 0.6 is 40.1 Å². The zero-order chi connectivity index (χ0) is 16.1. The number of thioether (sulfide) groups is 1. The van der Waals surface area contributed by atoms with Crippen molar-refractivity contribution in [2.24, 2.45) is 4.99 Å². The highest BCUT2D eigenvalue weighted by Crippen LogP contribution is 2.27. The summed E-state index contributed by atoms with van der Waals surface area (Å²) in [7, 11) is 1.62. The Morgan fingerprint density at radius 2 is 2.08 bits per heavy atom. The van der Waals surface area contributed by atoms with Crippen molar-refractivity contribution in [3.63, 3.8) is 0 Å². The van der Waals surface area contributed by atoms with Crippen molar-refractivity contribution in [2.45, 2.75) is 6.42 Å². The molecule has 7 heteroatoms. The largest absolute Gasteiger partial charge is 0.497 e. The second-order valence-corrected chi connectivity index (χ2v) is 7.04. The quantitative estimate of drug-likeness (QED) is 0.659. The highest BCUT2D eigenvalue weighted by molar-refractivity contribution is 8.93. The number of Topliss-reactive ketones (excluding diaryl/α,β-unsaturated/α-hetero) is 1. The topological polar surface area (TPSA) is 41.9 Å². The Bertz CT molecular complexity index is 687. The third-order valence-corrected chi connectivity index (χ3v) is 5.49. The lowest BCUT2D eigenvalue weighted by molar-refractivity contribution is 0.100. The average Bonchev–Trinajstić information content (AvgIpc) is 3.14. The van der Waals surface area contributed by atoms with Crippen LogP contribution in [-0.2, 0) is 0 Å². The zero-order valence-corrected chi connectivity index (χ0v) is 16.7. The average molecular weight is 427 g/mol. The van der Waals surface area contributed by atoms with Gasteiger partial charge >= 0.3 is 0 Å². The Labute approximate surface area is 160 Å². The molecule has 4 nitrogen and oxygen atoms in total. The minimum atomic E-state index is 0. The molecular formula is C17H19BrN2O2S2. The van der Waals surface area contributed by atoms with Crippen LogP contribution in [0.15, 0.2) is 46.8 Å². The van der Waals surface area contributed by atoms with E-state index >= 15 is 0 Å². The Morgan fingerprint density at radius 3 is 2.67 bits per heavy atom. The van der Waals surface area contributed by atoms with Gasteiger partial charge in [0.1, 0.15) is 5.75 Å². The lowest BCUT2D eigenvalue weighted by atomic mass is 10.1. The van der Waals surface area contributed by atoms with E-state index in [-0.39, 0.29) is 22.8 Å². The molecule has 0 saturated carbocycles. The molecule has 0 fully saturated rings. The van der Waals surface area contributed by atoms with Crippen molar-refractivity contribution in [1.29, 1.82) is 0 Å². The summed E-state index contributed by atoms with van der Waals surface area (Å²) in [6.45, 7) is 1.14. The van der Waals surface area contributed by atoms with Crippen molar-refractivity contribution in [1.82, 2.24) is 0 Å². The van der Waals surface area contributed by atoms with E-state index in [4.69, 9.17) is 4.74 Å². The number of thiophene rings is 1. The first-order valence-corrected chi connectivity index (χ1v) is 9.30. The fraction of sp³-hybridized carbons (Fsp3) is 0.294. The molecule has 2 aromatic rings. The second-order valence-electron chi connectivity index (χ2n) is 5.06. The number of hydrogen-bond donors (Lipinski definition) is 0. The minimum absolute atomic E-state index is 0. The van der Waals surface area contributed by atoms with Gasteiger partial charge in [0.15, 0.2) is 11.0 Å². The molecule has 0 atom stereocenters. The number of benzene rings is 1. The predicted octanol–water partition coefficient (Wildman–Crippen LogP) is 4.52. The van der Waals surface area contributed by atoms with Crippen LogP contribution in [0.2, 0.25) is 0 Å². The van der Waals surface area contributed by atoms with Gasteiger partial charge in [0.05, 0.1) is 18.7 Å². The molecule has 128 valence electrons. The van der Waals surface area contributed by atoms with Crippen LogP contribution in [0.3, 0.4) is 0 Å². The van der Waals surface area contributed by atoms with E-state index in [0.717, 1.165) is 34.6 Å². The van der Waals surface area contributed by atoms with Crippen LogP contribution < -0.4 is 9.64 Å². The van der Waals surface area contributed by atoms with Gasteiger partial charge in [0.2, 0.25) is 0 Å². The van der Waals surface area contributed by atoms with Gasteiger partial charge in [-0.2, -0.15) is 0 Å². The van der Waals surface area contributed by atoms with Gasteiger partial charge in [0, 0.05) is 17.9 Å². The lowest BCUT2D eigenvalue weighted by Crippen LogP contribution is -2.35. The maximum atomic E-state index is 12.7. The number of amidine groups is 1. The van der Waals surface area contributed by atoms with Gasteiger partial charge < -0.3 is 9.64 Å². The van der Waals surface area contributed by atoms with Gasteiger partial charge in [-0.3, -0.25) is 9.79 Å². The van der Waals surface area contributed by atoms with Crippen molar-refractivity contribution in [3.8, 4) is 5.75 Å². The smallest absolute Gasteiger partial charge is 0.182 e. The summed E-state index contributed by atoms with van der Waals surface area (Å²) in [5, 5.41) is 4.02. The van der Waals surface area contributed by atoms with Crippen LogP contribution in [0.25, 0.3) is 0 Å². The molecule has 0 aliphatic carbocycles. The van der Waals surface area contributed by atoms with E-state index < -0.39 is 0 Å². The van der Waals surface area contributed by atoms with Crippen LogP contribution in [0.4, 0.5) is 5.00 Å². The zero-order valence-electron chi connectivity index (χ0n) is 13.3. The van der Waals surface area contributed by atoms with Crippen molar-refractivity contribution in [2.75, 3.05) is 30.9 Å². The van der Waals surface area contributed by atoms with E-state index in [1.54, 1.807) is 30.2 Å². The first-order valence-electron chi connectivity index (χ1n) is 7.43. The third-order valence-electron chi connectivity index (χ3n) is 3.50. The number of methoxy groups -OCH3 is 1. The Kier molecular flexibility index (Phi) is 7.33. The van der Waals surface area contributed by atoms with Crippen molar-refractivity contribution in [3.05, 3.63) is 47.3 Å². The predicted molar refractivity (Wildman–Crippen MR) is 109 cm³/mol. The van der Waals surface area contributed by atoms with Gasteiger partial charge in [-0.1, -0.05) is 11.8 Å². The number of ketones is 1. The molecule has 0 N–H and O–H groups in total. The summed E-state index contributed by atoms with van der Waals surface area (Å²) >= 11 is 3.35. The molecule has 1 aliphatic heterocycles. The first-order chi connectivity index (χ1) is 11.3. The molecule has 0 unspecified atom stereocenters. The van der Waals surface area contributed by atoms with E-state index in [9.17, 15) is 4.79 Å². The second kappa shape index (κ2) is 9.25. The molecule has 0 radical (unpaired) electrons. The molecule has 0 amide bonds. The molecule has 0 bridgehead atoms. The molecule has 3 rings (SSSR count). The van der Waals surface area contributed by atoms with Crippen molar-refractivity contribution < 1.29 is 9.53 Å². The maximum absolute atomic E-state index is 12.7. The van der Waals surface area contributed by atoms with Gasteiger partial charge in [0.25, 0.3) is 0 Å². The van der Waals surface area contributed by atoms with Crippen LogP contribution in [0, 0.1) is 0 Å². The molecule has 2 heterocycles. The van der Waals surface area contributed by atoms with Crippen LogP contribution in [0.1, 0.15) is 16.8 Å². The first kappa shape index (κ1) is 19.0. The Morgan fingerprint density at radius 1 is 1.29 bits per heavy atom. The molecule has 1 aromatic heterocycles. The number of rotatable bonds is 5. The number of carbonyl (C=O) groups excluding carboxylic acids is 1. The Hall–Kier alpha value is -1.31.